The fraction of sp³-hybridized carbons (Fsp3) is 0.280. The lowest BCUT2D eigenvalue weighted by molar-refractivity contribution is 0.785. The normalized spacial score (nSPS) is 20.7. The molecule has 0 amide bonds. The highest BCUT2D eigenvalue weighted by Gasteiger charge is 2.09. The molecule has 0 aliphatic carbocycles. The van der Waals surface area contributed by atoms with E-state index in [-0.39, 0.29) is 0 Å². The molecule has 150 valence electrons. The molecule has 1 aliphatic rings. The third-order valence-electron chi connectivity index (χ3n) is 5.06. The topological polar surface area (TPSA) is 48.8 Å². The zero-order chi connectivity index (χ0) is 20.6. The molecule has 0 fully saturated rings. The Kier molecular flexibility index (Phi) is 7.14. The predicted octanol–water partition coefficient (Wildman–Crippen LogP) is 4.56. The monoisotopic (exact) mass is 386 g/mol. The Morgan fingerprint density at radius 3 is 2.28 bits per heavy atom. The highest BCUT2D eigenvalue weighted by Crippen LogP contribution is 2.16. The van der Waals surface area contributed by atoms with Gasteiger partial charge in [0.05, 0.1) is 12.3 Å². The summed E-state index contributed by atoms with van der Waals surface area (Å²) in [4.78, 5) is 9.54. The largest absolute Gasteiger partial charge is 0.383 e. The lowest BCUT2D eigenvalue weighted by Crippen LogP contribution is -2.17. The van der Waals surface area contributed by atoms with Crippen LogP contribution in [0.15, 0.2) is 81.6 Å². The third kappa shape index (κ3) is 5.75. The molecule has 0 saturated carbocycles. The maximum absolute atomic E-state index is 4.93. The Morgan fingerprint density at radius 2 is 1.59 bits per heavy atom. The summed E-state index contributed by atoms with van der Waals surface area (Å²) < 4.78 is 0. The van der Waals surface area contributed by atoms with Gasteiger partial charge in [0.2, 0.25) is 0 Å². The van der Waals surface area contributed by atoms with Gasteiger partial charge in [-0.15, -0.1) is 0 Å². The highest BCUT2D eigenvalue weighted by molar-refractivity contribution is 6.10. The molecule has 0 unspecified atom stereocenters. The Hall–Kier alpha value is -2.98. The summed E-state index contributed by atoms with van der Waals surface area (Å²) in [6, 6.07) is 17.1. The average Bonchev–Trinajstić information content (AvgIpc) is 2.78. The minimum Gasteiger partial charge on any atom is -0.383 e. The first-order chi connectivity index (χ1) is 14.1. The Bertz CT molecular complexity index is 963. The van der Waals surface area contributed by atoms with E-state index in [1.807, 2.05) is 20.2 Å². The number of benzene rings is 2. The Balaban J connectivity index is 1.86. The van der Waals surface area contributed by atoms with Crippen molar-refractivity contribution in [3.8, 4) is 0 Å². The van der Waals surface area contributed by atoms with Gasteiger partial charge < -0.3 is 10.6 Å². The first kappa shape index (κ1) is 20.7. The number of aryl methyl sites for hydroxylation is 1. The van der Waals surface area contributed by atoms with Gasteiger partial charge in [-0.25, -0.2) is 0 Å². The van der Waals surface area contributed by atoms with Gasteiger partial charge in [-0.05, 0) is 56.2 Å². The maximum Gasteiger partial charge on any atom is 0.0787 e. The van der Waals surface area contributed by atoms with Crippen LogP contribution in [0.5, 0.6) is 0 Å². The van der Waals surface area contributed by atoms with Crippen molar-refractivity contribution in [2.24, 2.45) is 9.98 Å². The number of nitrogens with one attached hydrogen (secondary N) is 2. The number of hydrogen-bond acceptors (Lipinski definition) is 4. The van der Waals surface area contributed by atoms with Crippen LogP contribution in [0.1, 0.15) is 36.1 Å². The molecule has 2 N–H and O–H groups in total. The second-order valence-corrected chi connectivity index (χ2v) is 7.42. The van der Waals surface area contributed by atoms with Crippen LogP contribution in [-0.2, 0) is 13.1 Å². The Labute approximate surface area is 174 Å². The van der Waals surface area contributed by atoms with E-state index in [1.165, 1.54) is 16.7 Å². The van der Waals surface area contributed by atoms with Crippen LogP contribution in [0, 0.1) is 6.92 Å². The lowest BCUT2D eigenvalue weighted by atomic mass is 10.0. The lowest BCUT2D eigenvalue weighted by Gasteiger charge is -2.12. The molecule has 0 radical (unpaired) electrons. The molecule has 29 heavy (non-hydrogen) atoms. The molecule has 0 spiro atoms. The van der Waals surface area contributed by atoms with Gasteiger partial charge in [-0.2, -0.15) is 0 Å². The van der Waals surface area contributed by atoms with E-state index in [4.69, 9.17) is 4.99 Å². The van der Waals surface area contributed by atoms with Gasteiger partial charge in [0.1, 0.15) is 0 Å². The van der Waals surface area contributed by atoms with Gasteiger partial charge in [0.15, 0.2) is 0 Å². The zero-order valence-electron chi connectivity index (χ0n) is 17.8. The highest BCUT2D eigenvalue weighted by atomic mass is 14.9. The summed E-state index contributed by atoms with van der Waals surface area (Å²) in [6.07, 6.45) is 4.05. The van der Waals surface area contributed by atoms with Gasteiger partial charge in [-0.1, -0.05) is 48.5 Å². The van der Waals surface area contributed by atoms with Crippen molar-refractivity contribution in [2.75, 3.05) is 13.6 Å². The van der Waals surface area contributed by atoms with Gasteiger partial charge in [-0.3, -0.25) is 9.98 Å². The summed E-state index contributed by atoms with van der Waals surface area (Å²) >= 11 is 0. The van der Waals surface area contributed by atoms with Crippen molar-refractivity contribution in [1.82, 2.24) is 10.6 Å². The van der Waals surface area contributed by atoms with Crippen molar-refractivity contribution >= 4 is 11.9 Å². The molecule has 0 atom stereocenters. The number of allylic oxidation sites excluding steroid dienone is 3. The Morgan fingerprint density at radius 1 is 0.897 bits per heavy atom. The summed E-state index contributed by atoms with van der Waals surface area (Å²) in [7, 11) is 1.96. The first-order valence-electron chi connectivity index (χ1n) is 10.1. The minimum absolute atomic E-state index is 0.605. The smallest absolute Gasteiger partial charge is 0.0787 e. The van der Waals surface area contributed by atoms with E-state index < -0.39 is 0 Å². The van der Waals surface area contributed by atoms with Crippen LogP contribution >= 0.6 is 0 Å². The molecule has 0 aromatic heterocycles. The fourth-order valence-corrected chi connectivity index (χ4v) is 3.19. The maximum atomic E-state index is 4.93. The molecule has 2 aromatic rings. The number of nitrogens with zero attached hydrogens (tertiary/aromatic N) is 2. The quantitative estimate of drug-likeness (QED) is 0.765. The van der Waals surface area contributed by atoms with Crippen molar-refractivity contribution in [2.45, 2.75) is 33.9 Å². The van der Waals surface area contributed by atoms with Crippen molar-refractivity contribution in [1.29, 1.82) is 0 Å². The molecular weight excluding hydrogens is 356 g/mol. The summed E-state index contributed by atoms with van der Waals surface area (Å²) in [6.45, 7) is 8.47. The molecule has 4 nitrogen and oxygen atoms in total. The summed E-state index contributed by atoms with van der Waals surface area (Å²) in [5.74, 6) is 0. The molecule has 2 aromatic carbocycles. The summed E-state index contributed by atoms with van der Waals surface area (Å²) in [5, 5.41) is 6.75. The van der Waals surface area contributed by atoms with Gasteiger partial charge in [0, 0.05) is 36.3 Å². The van der Waals surface area contributed by atoms with Gasteiger partial charge >= 0.3 is 0 Å². The van der Waals surface area contributed by atoms with Crippen molar-refractivity contribution in [3.63, 3.8) is 0 Å². The van der Waals surface area contributed by atoms with E-state index in [1.54, 1.807) is 0 Å². The van der Waals surface area contributed by atoms with E-state index in [0.717, 1.165) is 41.3 Å². The number of rotatable bonds is 6. The van der Waals surface area contributed by atoms with E-state index in [9.17, 15) is 0 Å². The number of hydrogen-bond donors (Lipinski definition) is 2. The van der Waals surface area contributed by atoms with Crippen LogP contribution < -0.4 is 10.6 Å². The van der Waals surface area contributed by atoms with Crippen molar-refractivity contribution < 1.29 is 0 Å². The molecule has 0 saturated heterocycles. The zero-order valence-corrected chi connectivity index (χ0v) is 17.8. The molecule has 1 heterocycles. The van der Waals surface area contributed by atoms with Crippen LogP contribution in [-0.4, -0.2) is 25.5 Å². The fourth-order valence-electron chi connectivity index (χ4n) is 3.19. The van der Waals surface area contributed by atoms with E-state index in [0.29, 0.717) is 6.54 Å². The van der Waals surface area contributed by atoms with Crippen LogP contribution in [0.25, 0.3) is 0 Å². The molecule has 1 aliphatic heterocycles. The average molecular weight is 387 g/mol. The summed E-state index contributed by atoms with van der Waals surface area (Å²) in [5.41, 5.74) is 9.01. The van der Waals surface area contributed by atoms with Gasteiger partial charge in [0.25, 0.3) is 0 Å². The second kappa shape index (κ2) is 9.99. The molecular formula is C25H30N4. The molecule has 4 heteroatoms. The van der Waals surface area contributed by atoms with E-state index in [2.05, 4.69) is 84.1 Å². The predicted molar refractivity (Wildman–Crippen MR) is 124 cm³/mol. The first-order valence-corrected chi connectivity index (χ1v) is 10.1. The van der Waals surface area contributed by atoms with Crippen LogP contribution in [0.2, 0.25) is 0 Å². The third-order valence-corrected chi connectivity index (χ3v) is 5.06. The van der Waals surface area contributed by atoms with Crippen LogP contribution in [0.3, 0.4) is 0 Å². The standard InChI is InChI=1S/C25H30N4/c1-18-7-5-6-8-24(18)25-13-23(17-27-14-19(2)20(3)29-25)28-16-22-11-9-21(10-12-22)15-26-4/h5-14,26,28H,15-17H2,1-4H3/b20-19+,23-13+,27-14?,29-25+. The molecule has 0 bridgehead atoms. The minimum atomic E-state index is 0.605. The SMILES string of the molecule is CNCc1ccc(CN/C2=C/C(c3ccccc3C)=N\C(C)=C(/C)C=NC2)cc1. The number of aliphatic imine (C=N–C) groups is 2. The van der Waals surface area contributed by atoms with Crippen LogP contribution in [0.4, 0.5) is 0 Å². The molecule has 3 rings (SSSR count). The van der Waals surface area contributed by atoms with E-state index >= 15 is 0 Å². The second-order valence-electron chi connectivity index (χ2n) is 7.42. The van der Waals surface area contributed by atoms with Crippen molar-refractivity contribution in [3.05, 3.63) is 93.8 Å².